The number of aromatic nitrogens is 3. The summed E-state index contributed by atoms with van der Waals surface area (Å²) in [5, 5.41) is 8.43. The van der Waals surface area contributed by atoms with Crippen LogP contribution in [0.2, 0.25) is 5.02 Å². The van der Waals surface area contributed by atoms with Crippen molar-refractivity contribution in [3.05, 3.63) is 28.7 Å². The number of methoxy groups -OCH3 is 1. The molecule has 0 radical (unpaired) electrons. The number of halogens is 1. The third-order valence-corrected chi connectivity index (χ3v) is 2.70. The molecule has 0 aromatic carbocycles. The maximum atomic E-state index is 11.5. The van der Waals surface area contributed by atoms with Crippen molar-refractivity contribution in [1.82, 2.24) is 14.6 Å². The summed E-state index contributed by atoms with van der Waals surface area (Å²) in [5.74, 6) is 0.513. The largest absolute Gasteiger partial charge is 0.465 e. The van der Waals surface area contributed by atoms with E-state index in [0.29, 0.717) is 16.2 Å². The number of hydrogen-bond donors (Lipinski definition) is 0. The second kappa shape index (κ2) is 4.33. The Labute approximate surface area is 103 Å². The normalized spacial score (nSPS) is 11.1. The molecule has 0 aliphatic heterocycles. The lowest BCUT2D eigenvalue weighted by atomic mass is 10.2. The lowest BCUT2D eigenvalue weighted by Gasteiger charge is -2.05. The highest BCUT2D eigenvalue weighted by Crippen LogP contribution is 2.21. The van der Waals surface area contributed by atoms with Crippen LogP contribution in [0.4, 0.5) is 0 Å². The number of hydrogen-bond acceptors (Lipinski definition) is 4. The van der Waals surface area contributed by atoms with Gasteiger partial charge in [-0.2, -0.15) is 0 Å². The van der Waals surface area contributed by atoms with E-state index >= 15 is 0 Å². The summed E-state index contributed by atoms with van der Waals surface area (Å²) in [6, 6.07) is 1.53. The standard InChI is InChI=1S/C11H12ClN3O2/c1-6(2)9-13-14-10-8(12)4-7(5-15(9)10)11(16)17-3/h4-6H,1-3H3. The molecule has 0 N–H and O–H groups in total. The molecule has 2 rings (SSSR count). The van der Waals surface area contributed by atoms with Crippen molar-refractivity contribution < 1.29 is 9.53 Å². The second-order valence-corrected chi connectivity index (χ2v) is 4.38. The molecular formula is C11H12ClN3O2. The Kier molecular flexibility index (Phi) is 3.02. The molecule has 0 amide bonds. The van der Waals surface area contributed by atoms with Crippen molar-refractivity contribution in [2.75, 3.05) is 7.11 Å². The summed E-state index contributed by atoms with van der Waals surface area (Å²) in [5.41, 5.74) is 0.926. The summed E-state index contributed by atoms with van der Waals surface area (Å²) in [6.45, 7) is 3.99. The minimum Gasteiger partial charge on any atom is -0.465 e. The Hall–Kier alpha value is -1.62. The minimum atomic E-state index is -0.433. The van der Waals surface area contributed by atoms with Crippen LogP contribution in [0.15, 0.2) is 12.3 Å². The zero-order valence-electron chi connectivity index (χ0n) is 9.77. The van der Waals surface area contributed by atoms with Crippen molar-refractivity contribution in [2.45, 2.75) is 19.8 Å². The Morgan fingerprint density at radius 3 is 2.76 bits per heavy atom. The molecular weight excluding hydrogens is 242 g/mol. The van der Waals surface area contributed by atoms with Crippen LogP contribution in [0, 0.1) is 0 Å². The average Bonchev–Trinajstić information content (AvgIpc) is 2.72. The zero-order valence-corrected chi connectivity index (χ0v) is 10.5. The van der Waals surface area contributed by atoms with Gasteiger partial charge in [-0.05, 0) is 6.07 Å². The Bertz CT molecular complexity index is 577. The maximum Gasteiger partial charge on any atom is 0.339 e. The molecule has 2 aromatic rings. The van der Waals surface area contributed by atoms with Gasteiger partial charge in [0, 0.05) is 12.1 Å². The summed E-state index contributed by atoms with van der Waals surface area (Å²) >= 11 is 6.05. The van der Waals surface area contributed by atoms with Gasteiger partial charge in [0.15, 0.2) is 5.65 Å². The number of rotatable bonds is 2. The van der Waals surface area contributed by atoms with Crippen molar-refractivity contribution in [2.24, 2.45) is 0 Å². The molecule has 5 nitrogen and oxygen atoms in total. The number of fused-ring (bicyclic) bond motifs is 1. The molecule has 0 spiro atoms. The van der Waals surface area contributed by atoms with Gasteiger partial charge in [-0.15, -0.1) is 10.2 Å². The van der Waals surface area contributed by atoms with Crippen LogP contribution in [0.1, 0.15) is 35.9 Å². The Balaban J connectivity index is 2.69. The monoisotopic (exact) mass is 253 g/mol. The summed E-state index contributed by atoms with van der Waals surface area (Å²) in [6.07, 6.45) is 1.64. The quantitative estimate of drug-likeness (QED) is 0.771. The van der Waals surface area contributed by atoms with Crippen molar-refractivity contribution in [3.63, 3.8) is 0 Å². The first-order valence-corrected chi connectivity index (χ1v) is 5.55. The molecule has 2 heterocycles. The van der Waals surface area contributed by atoms with Gasteiger partial charge in [-0.1, -0.05) is 25.4 Å². The minimum absolute atomic E-state index is 0.189. The third kappa shape index (κ3) is 1.98. The molecule has 0 atom stereocenters. The highest BCUT2D eigenvalue weighted by molar-refractivity contribution is 6.33. The SMILES string of the molecule is COC(=O)c1cc(Cl)c2nnc(C(C)C)n2c1. The lowest BCUT2D eigenvalue weighted by Crippen LogP contribution is -2.05. The Morgan fingerprint density at radius 1 is 1.47 bits per heavy atom. The molecule has 0 fully saturated rings. The fraction of sp³-hybridized carbons (Fsp3) is 0.364. The highest BCUT2D eigenvalue weighted by Gasteiger charge is 2.15. The first-order chi connectivity index (χ1) is 8.04. The Morgan fingerprint density at radius 2 is 2.18 bits per heavy atom. The van der Waals surface area contributed by atoms with E-state index in [2.05, 4.69) is 14.9 Å². The first-order valence-electron chi connectivity index (χ1n) is 5.17. The number of carbonyl (C=O) groups excluding carboxylic acids is 1. The molecule has 0 aliphatic carbocycles. The van der Waals surface area contributed by atoms with Gasteiger partial charge < -0.3 is 4.74 Å². The number of ether oxygens (including phenoxy) is 1. The van der Waals surface area contributed by atoms with E-state index in [0.717, 1.165) is 5.82 Å². The first kappa shape index (κ1) is 11.9. The lowest BCUT2D eigenvalue weighted by molar-refractivity contribution is 0.0600. The predicted octanol–water partition coefficient (Wildman–Crippen LogP) is 2.29. The molecule has 0 unspecified atom stereocenters. The van der Waals surface area contributed by atoms with E-state index in [4.69, 9.17) is 11.6 Å². The molecule has 0 saturated heterocycles. The van der Waals surface area contributed by atoms with Crippen LogP contribution < -0.4 is 0 Å². The van der Waals surface area contributed by atoms with Gasteiger partial charge in [-0.25, -0.2) is 4.79 Å². The van der Waals surface area contributed by atoms with Crippen LogP contribution in [0.25, 0.3) is 5.65 Å². The molecule has 0 aliphatic rings. The van der Waals surface area contributed by atoms with Gasteiger partial charge in [0.2, 0.25) is 0 Å². The number of esters is 1. The van der Waals surface area contributed by atoms with Crippen LogP contribution in [-0.2, 0) is 4.74 Å². The molecule has 6 heteroatoms. The molecule has 0 bridgehead atoms. The van der Waals surface area contributed by atoms with Gasteiger partial charge >= 0.3 is 5.97 Å². The van der Waals surface area contributed by atoms with Crippen molar-refractivity contribution >= 4 is 23.2 Å². The molecule has 17 heavy (non-hydrogen) atoms. The van der Waals surface area contributed by atoms with Crippen molar-refractivity contribution in [3.8, 4) is 0 Å². The summed E-state index contributed by atoms with van der Waals surface area (Å²) < 4.78 is 6.39. The van der Waals surface area contributed by atoms with Crippen LogP contribution in [-0.4, -0.2) is 27.7 Å². The van der Waals surface area contributed by atoms with E-state index in [1.165, 1.54) is 13.2 Å². The fourth-order valence-electron chi connectivity index (χ4n) is 1.59. The average molecular weight is 254 g/mol. The number of carbonyl (C=O) groups is 1. The van der Waals surface area contributed by atoms with Crippen LogP contribution in [0.5, 0.6) is 0 Å². The maximum absolute atomic E-state index is 11.5. The van der Waals surface area contributed by atoms with Crippen LogP contribution in [0.3, 0.4) is 0 Å². The van der Waals surface area contributed by atoms with E-state index in [-0.39, 0.29) is 5.92 Å². The number of nitrogens with zero attached hydrogens (tertiary/aromatic N) is 3. The molecule has 0 saturated carbocycles. The summed E-state index contributed by atoms with van der Waals surface area (Å²) in [4.78, 5) is 11.5. The zero-order chi connectivity index (χ0) is 12.6. The molecule has 90 valence electrons. The van der Waals surface area contributed by atoms with E-state index in [9.17, 15) is 4.79 Å². The topological polar surface area (TPSA) is 56.5 Å². The van der Waals surface area contributed by atoms with E-state index in [1.807, 2.05) is 13.8 Å². The fourth-order valence-corrected chi connectivity index (χ4v) is 1.84. The van der Waals surface area contributed by atoms with E-state index < -0.39 is 5.97 Å². The van der Waals surface area contributed by atoms with Crippen LogP contribution >= 0.6 is 11.6 Å². The second-order valence-electron chi connectivity index (χ2n) is 3.97. The van der Waals surface area contributed by atoms with E-state index in [1.54, 1.807) is 10.6 Å². The number of pyridine rings is 1. The van der Waals surface area contributed by atoms with Gasteiger partial charge in [0.1, 0.15) is 5.82 Å². The predicted molar refractivity (Wildman–Crippen MR) is 63.4 cm³/mol. The van der Waals surface area contributed by atoms with Gasteiger partial charge in [0.05, 0.1) is 17.7 Å². The van der Waals surface area contributed by atoms with Crippen molar-refractivity contribution in [1.29, 1.82) is 0 Å². The smallest absolute Gasteiger partial charge is 0.339 e. The highest BCUT2D eigenvalue weighted by atomic mass is 35.5. The summed E-state index contributed by atoms with van der Waals surface area (Å²) in [7, 11) is 1.33. The molecule has 2 aromatic heterocycles. The van der Waals surface area contributed by atoms with Gasteiger partial charge in [0.25, 0.3) is 0 Å². The van der Waals surface area contributed by atoms with Gasteiger partial charge in [-0.3, -0.25) is 4.40 Å². The third-order valence-electron chi connectivity index (χ3n) is 2.42.